The molecule has 0 radical (unpaired) electrons. The van der Waals surface area contributed by atoms with Gasteiger partial charge in [-0.3, -0.25) is 67.1 Å². The van der Waals surface area contributed by atoms with E-state index in [-0.39, 0.29) is 67.6 Å². The molecule has 3 aromatic heterocycles. The first-order valence-corrected chi connectivity index (χ1v) is 38.5. The van der Waals surface area contributed by atoms with Crippen molar-refractivity contribution in [3.05, 3.63) is 120 Å². The van der Waals surface area contributed by atoms with Gasteiger partial charge >= 0.3 is 5.97 Å². The van der Waals surface area contributed by atoms with Gasteiger partial charge in [0.2, 0.25) is 76.8 Å². The number of hydrogen-bond acceptors (Lipinski definition) is 20. The smallest absolute Gasteiger partial charge is 0.305 e. The van der Waals surface area contributed by atoms with Crippen molar-refractivity contribution in [3.8, 4) is 5.75 Å². The van der Waals surface area contributed by atoms with Gasteiger partial charge in [0.15, 0.2) is 0 Å². The fraction of sp³-hybridized carbons (Fsp3) is 0.487. The van der Waals surface area contributed by atoms with Crippen LogP contribution in [0.5, 0.6) is 5.75 Å². The lowest BCUT2D eigenvalue weighted by molar-refractivity contribution is -0.140. The number of phenols is 1. The summed E-state index contributed by atoms with van der Waals surface area (Å²) in [4.78, 5) is 208. The van der Waals surface area contributed by atoms with Crippen LogP contribution in [-0.2, 0) is 92.8 Å². The van der Waals surface area contributed by atoms with Gasteiger partial charge in [-0.2, -0.15) is 25.3 Å². The second-order valence-corrected chi connectivity index (χ2v) is 29.6. The van der Waals surface area contributed by atoms with Crippen molar-refractivity contribution < 1.29 is 82.4 Å². The van der Waals surface area contributed by atoms with Gasteiger partial charge in [-0.1, -0.05) is 97.0 Å². The van der Waals surface area contributed by atoms with Crippen LogP contribution in [0.2, 0.25) is 0 Å². The number of phenolic OH excluding ortho intramolecular Hbond substituents is 1. The number of H-pyrrole nitrogens is 3. The van der Waals surface area contributed by atoms with Gasteiger partial charge in [0, 0.05) is 83.3 Å². The maximum absolute atomic E-state index is 14.8. The summed E-state index contributed by atoms with van der Waals surface area (Å²) in [6.45, 7) is 14.3. The molecule has 6 unspecified atom stereocenters. The molecule has 0 saturated heterocycles. The maximum atomic E-state index is 14.8. The highest BCUT2D eigenvalue weighted by molar-refractivity contribution is 7.80. The molecule has 0 aliphatic heterocycles. The van der Waals surface area contributed by atoms with Gasteiger partial charge in [-0.05, 0) is 98.4 Å². The van der Waals surface area contributed by atoms with Gasteiger partial charge in [-0.15, -0.1) is 0 Å². The number of nitrogens with two attached hydrogens (primary N) is 1. The monoisotopic (exact) mass is 1610 g/mol. The van der Waals surface area contributed by atoms with Gasteiger partial charge < -0.3 is 105 Å². The van der Waals surface area contributed by atoms with Crippen molar-refractivity contribution in [1.82, 2.24) is 89.1 Å². The Morgan fingerprint density at radius 3 is 1.38 bits per heavy atom. The van der Waals surface area contributed by atoms with Crippen molar-refractivity contribution in [1.29, 1.82) is 0 Å². The summed E-state index contributed by atoms with van der Waals surface area (Å²) in [6, 6.07) is 3.23. The Kier molecular flexibility index (Phi) is 35.6. The highest BCUT2D eigenvalue weighted by Gasteiger charge is 2.38. The molecule has 13 atom stereocenters. The molecule has 35 nitrogen and oxygen atoms in total. The highest BCUT2D eigenvalue weighted by Crippen LogP contribution is 2.23. The molecule has 0 bridgehead atoms. The number of aliphatic hydroxyl groups is 1. The number of nitrogens with one attached hydrogen (secondary N) is 16. The lowest BCUT2D eigenvalue weighted by Crippen LogP contribution is -2.61. The third kappa shape index (κ3) is 28.3. The summed E-state index contributed by atoms with van der Waals surface area (Å²) in [7, 11) is 0. The van der Waals surface area contributed by atoms with E-state index in [1.165, 1.54) is 50.6 Å². The van der Waals surface area contributed by atoms with E-state index in [4.69, 9.17) is 5.73 Å². The molecule has 0 spiro atoms. The van der Waals surface area contributed by atoms with Crippen LogP contribution in [0.1, 0.15) is 110 Å². The SMILES string of the molecule is CCCN[C@@H](CC(=O)O)C(=O)NC(CS)C(=O)N[C@@H](C)C(=O)NC(Cc1c[nH]c2ccccc12)C(=O)N[C@@H](Cc1cnc[nH]1)C(=O)NC(CC(C)C)C(=O)NCC(=O)NC(Cc1ccc(O)cc1)C(=O)N[C@@H](CC(C)C)C(=O)NC(C(=O)N[C@@H](Cc1c[nH]c2ccccc12)C(=O)NC(CS)C(=O)N[C@H](C(N)=O)[C@@H](C)O)C(C)C. The number of carbonyl (C=O) groups is 14. The van der Waals surface area contributed by atoms with Crippen LogP contribution in [0.15, 0.2) is 97.7 Å². The van der Waals surface area contributed by atoms with E-state index in [0.717, 1.165) is 0 Å². The third-order valence-electron chi connectivity index (χ3n) is 18.3. The predicted molar refractivity (Wildman–Crippen MR) is 425 cm³/mol. The number of carbonyl (C=O) groups excluding carboxylic acids is 13. The number of aromatic hydroxyl groups is 1. The lowest BCUT2D eigenvalue weighted by Gasteiger charge is -2.29. The number of primary amides is 1. The van der Waals surface area contributed by atoms with E-state index < -0.39 is 180 Å². The average Bonchev–Trinajstić information content (AvgIpc) is 1.69. The molecule has 37 heteroatoms. The zero-order valence-corrected chi connectivity index (χ0v) is 66.2. The van der Waals surface area contributed by atoms with Crippen LogP contribution >= 0.6 is 25.3 Å². The van der Waals surface area contributed by atoms with Gasteiger partial charge in [0.1, 0.15) is 72.2 Å². The first-order chi connectivity index (χ1) is 53.6. The Morgan fingerprint density at radius 1 is 0.478 bits per heavy atom. The minimum Gasteiger partial charge on any atom is -0.508 e. The summed E-state index contributed by atoms with van der Waals surface area (Å²) in [6.07, 6.45) is 3.82. The number of aliphatic hydroxyl groups excluding tert-OH is 1. The maximum Gasteiger partial charge on any atom is 0.305 e. The number of para-hydroxylation sites is 2. The number of aromatic amines is 3. The number of nitrogens with zero attached hydrogens (tertiary/aromatic N) is 1. The molecule has 113 heavy (non-hydrogen) atoms. The van der Waals surface area contributed by atoms with Crippen LogP contribution < -0.4 is 74.9 Å². The molecule has 21 N–H and O–H groups in total. The van der Waals surface area contributed by atoms with E-state index in [2.05, 4.69) is 114 Å². The number of amides is 13. The van der Waals surface area contributed by atoms with Crippen LogP contribution in [0, 0.1) is 17.8 Å². The Hall–Kier alpha value is -11.1. The van der Waals surface area contributed by atoms with Crippen LogP contribution in [0.25, 0.3) is 21.8 Å². The molecule has 3 aromatic carbocycles. The molecule has 6 aromatic rings. The topological polar surface area (TPSA) is 542 Å². The Morgan fingerprint density at radius 2 is 0.912 bits per heavy atom. The van der Waals surface area contributed by atoms with Crippen molar-refractivity contribution in [3.63, 3.8) is 0 Å². The third-order valence-corrected chi connectivity index (χ3v) is 19.0. The standard InChI is InChI=1S/C76H106N18O17S2/c1-10-23-79-52(30-62(98)99)68(103)91-59(35-112)74(109)84-41(8)66(101)86-56(27-44-31-80-50-17-13-11-15-48(44)50)70(105)89-58(29-46-33-78-37-83-46)72(107)87-53(24-38(2)3)67(102)82-34-61(97)85-55(26-43-19-21-47(96)22-20-43)69(104)88-54(25-39(4)5)73(108)93-63(40(6)7)76(111)90-57(28-45-32-81-51-18-14-12-16-49(45)51)71(106)92-60(36-113)75(110)94-64(42(9)95)65(77)100/h11-22,31-33,37-42,52-60,63-64,79-81,95-96,112-113H,10,23-30,34-36H2,1-9H3,(H2,77,100)(H,78,83)(H,82,102)(H,84,109)(H,85,97)(H,86,101)(H,87,107)(H,88,104)(H,89,105)(H,90,111)(H,91,103)(H,92,106)(H,93,108)(H,94,110)(H,98,99)/t41-,42+,52-,53?,54-,55?,56?,57-,58-,59?,60?,63?,64-/m0/s1. The van der Waals surface area contributed by atoms with E-state index in [0.29, 0.717) is 57.2 Å². The van der Waals surface area contributed by atoms with Crippen molar-refractivity contribution in [2.75, 3.05) is 24.6 Å². The Labute approximate surface area is 664 Å². The summed E-state index contributed by atoms with van der Waals surface area (Å²) >= 11 is 8.47. The number of hydrogen-bond donors (Lipinski definition) is 22. The molecule has 6 rings (SSSR count). The van der Waals surface area contributed by atoms with Crippen molar-refractivity contribution >= 4 is 130 Å². The van der Waals surface area contributed by atoms with E-state index in [9.17, 15) is 82.4 Å². The number of aliphatic carboxylic acids is 1. The van der Waals surface area contributed by atoms with E-state index in [1.54, 1.807) is 102 Å². The molecule has 614 valence electrons. The summed E-state index contributed by atoms with van der Waals surface area (Å²) in [5.41, 5.74) is 8.77. The number of carboxylic acid groups (broad SMARTS) is 1. The quantitative estimate of drug-likeness (QED) is 0.0207. The first kappa shape index (κ1) is 90.8. The lowest BCUT2D eigenvalue weighted by atomic mass is 9.98. The summed E-state index contributed by atoms with van der Waals surface area (Å²) in [5, 5.41) is 65.4. The van der Waals surface area contributed by atoms with E-state index >= 15 is 0 Å². The highest BCUT2D eigenvalue weighted by atomic mass is 32.1. The molecule has 0 saturated carbocycles. The van der Waals surface area contributed by atoms with Crippen LogP contribution in [-0.4, -0.2) is 221 Å². The minimum atomic E-state index is -1.52. The predicted octanol–water partition coefficient (Wildman–Crippen LogP) is -0.866. The molecule has 0 aliphatic rings. The van der Waals surface area contributed by atoms with Gasteiger partial charge in [-0.25, -0.2) is 4.98 Å². The minimum absolute atomic E-state index is 0.0104. The number of thiol groups is 2. The largest absolute Gasteiger partial charge is 0.508 e. The zero-order chi connectivity index (χ0) is 83.3. The van der Waals surface area contributed by atoms with E-state index in [1.807, 2.05) is 6.92 Å². The summed E-state index contributed by atoms with van der Waals surface area (Å²) < 4.78 is 0. The molecule has 0 aliphatic carbocycles. The molecular formula is C76H106N18O17S2. The average molecular weight is 1610 g/mol. The fourth-order valence-corrected chi connectivity index (χ4v) is 12.7. The van der Waals surface area contributed by atoms with Crippen molar-refractivity contribution in [2.24, 2.45) is 23.5 Å². The molecule has 3 heterocycles. The Balaban J connectivity index is 1.18. The van der Waals surface area contributed by atoms with Crippen LogP contribution in [0.4, 0.5) is 0 Å². The number of rotatable bonds is 46. The van der Waals surface area contributed by atoms with Crippen LogP contribution in [0.3, 0.4) is 0 Å². The number of fused-ring (bicyclic) bond motifs is 2. The number of benzene rings is 3. The summed E-state index contributed by atoms with van der Waals surface area (Å²) in [5.74, 6) is -14.6. The number of carboxylic acids is 1. The Bertz CT molecular complexity index is 4270. The zero-order valence-electron chi connectivity index (χ0n) is 64.4. The van der Waals surface area contributed by atoms with Gasteiger partial charge in [0.05, 0.1) is 31.4 Å². The van der Waals surface area contributed by atoms with Crippen molar-refractivity contribution in [2.45, 2.75) is 192 Å². The molecule has 0 fully saturated rings. The van der Waals surface area contributed by atoms with Gasteiger partial charge in [0.25, 0.3) is 0 Å². The normalized spacial score (nSPS) is 14.9. The fourth-order valence-electron chi connectivity index (χ4n) is 12.2. The molecular weight excluding hydrogens is 1500 g/mol. The molecule has 13 amide bonds. The number of imidazole rings is 1. The first-order valence-electron chi connectivity index (χ1n) is 37.2. The second-order valence-electron chi connectivity index (χ2n) is 28.9. The number of aromatic nitrogens is 4. The second kappa shape index (κ2) is 44.3.